The van der Waals surface area contributed by atoms with Gasteiger partial charge in [-0.3, -0.25) is 9.59 Å². The predicted molar refractivity (Wildman–Crippen MR) is 146 cm³/mol. The summed E-state index contributed by atoms with van der Waals surface area (Å²) in [7, 11) is 0. The second kappa shape index (κ2) is 11.8. The Balaban J connectivity index is 1.80. The summed E-state index contributed by atoms with van der Waals surface area (Å²) >= 11 is 0. The Labute approximate surface area is 219 Å². The maximum Gasteiger partial charge on any atom is 0.290 e. The number of fused-ring (bicyclic) bond motifs is 2. The van der Waals surface area contributed by atoms with Gasteiger partial charge in [-0.25, -0.2) is 0 Å². The van der Waals surface area contributed by atoms with Gasteiger partial charge in [0.15, 0.2) is 16.9 Å². The van der Waals surface area contributed by atoms with Crippen molar-refractivity contribution in [3.8, 4) is 11.5 Å². The van der Waals surface area contributed by atoms with E-state index in [0.717, 1.165) is 25.1 Å². The lowest BCUT2D eigenvalue weighted by atomic mass is 9.98. The predicted octanol–water partition coefficient (Wildman–Crippen LogP) is 5.50. The van der Waals surface area contributed by atoms with Crippen molar-refractivity contribution in [1.82, 2.24) is 9.80 Å². The molecule has 1 aliphatic heterocycles. The number of hydrogen-bond acceptors (Lipinski definition) is 6. The van der Waals surface area contributed by atoms with E-state index in [1.165, 1.54) is 0 Å². The monoisotopic (exact) mass is 506 g/mol. The first kappa shape index (κ1) is 26.7. The van der Waals surface area contributed by atoms with Gasteiger partial charge in [-0.15, -0.1) is 0 Å². The molecular formula is C30H38N2O5. The quantitative estimate of drug-likeness (QED) is 0.323. The van der Waals surface area contributed by atoms with Gasteiger partial charge in [-0.1, -0.05) is 45.9 Å². The summed E-state index contributed by atoms with van der Waals surface area (Å²) in [4.78, 5) is 31.4. The molecule has 2 aromatic carbocycles. The van der Waals surface area contributed by atoms with Crippen LogP contribution >= 0.6 is 0 Å². The van der Waals surface area contributed by atoms with Crippen LogP contribution < -0.4 is 14.9 Å². The van der Waals surface area contributed by atoms with Gasteiger partial charge in [-0.2, -0.15) is 0 Å². The smallest absolute Gasteiger partial charge is 0.290 e. The fraction of sp³-hybridized carbons (Fsp3) is 0.467. The second-order valence-electron chi connectivity index (χ2n) is 9.77. The Morgan fingerprint density at radius 2 is 1.76 bits per heavy atom. The van der Waals surface area contributed by atoms with Crippen molar-refractivity contribution >= 4 is 16.9 Å². The Bertz CT molecular complexity index is 1290. The van der Waals surface area contributed by atoms with Gasteiger partial charge in [0.2, 0.25) is 5.76 Å². The minimum Gasteiger partial charge on any atom is -0.490 e. The summed E-state index contributed by atoms with van der Waals surface area (Å²) in [6, 6.07) is 12.2. The van der Waals surface area contributed by atoms with Crippen molar-refractivity contribution in [3.05, 3.63) is 69.6 Å². The minimum absolute atomic E-state index is 0.128. The van der Waals surface area contributed by atoms with Gasteiger partial charge >= 0.3 is 0 Å². The van der Waals surface area contributed by atoms with Crippen LogP contribution in [0.2, 0.25) is 0 Å². The zero-order valence-electron chi connectivity index (χ0n) is 22.6. The molecule has 37 heavy (non-hydrogen) atoms. The van der Waals surface area contributed by atoms with E-state index >= 15 is 0 Å². The third-order valence-electron chi connectivity index (χ3n) is 6.96. The molecule has 3 aromatic rings. The van der Waals surface area contributed by atoms with Crippen molar-refractivity contribution in [3.63, 3.8) is 0 Å². The van der Waals surface area contributed by atoms with E-state index in [1.807, 2.05) is 31.2 Å². The number of carbonyl (C=O) groups is 1. The topological polar surface area (TPSA) is 72.2 Å². The minimum atomic E-state index is -0.567. The van der Waals surface area contributed by atoms with Crippen molar-refractivity contribution < 1.29 is 18.7 Å². The van der Waals surface area contributed by atoms with Crippen LogP contribution in [0.1, 0.15) is 68.8 Å². The molecule has 0 saturated carbocycles. The normalized spacial score (nSPS) is 15.2. The first-order chi connectivity index (χ1) is 17.9. The SMILES string of the molecule is CCOc1cc(C2c3c(oc4ccccc4c3=O)C(=O)N2CCN(CC)CC)ccc1OCCC(C)C. The van der Waals surface area contributed by atoms with E-state index in [0.29, 0.717) is 60.3 Å². The fourth-order valence-electron chi connectivity index (χ4n) is 4.82. The van der Waals surface area contributed by atoms with Crippen LogP contribution in [0.25, 0.3) is 11.0 Å². The molecule has 0 N–H and O–H groups in total. The summed E-state index contributed by atoms with van der Waals surface area (Å²) in [6.45, 7) is 14.5. The van der Waals surface area contributed by atoms with Crippen LogP contribution in [-0.4, -0.2) is 55.1 Å². The molecule has 0 bridgehead atoms. The maximum absolute atomic E-state index is 13.7. The van der Waals surface area contributed by atoms with E-state index in [9.17, 15) is 9.59 Å². The van der Waals surface area contributed by atoms with E-state index in [1.54, 1.807) is 23.1 Å². The number of amides is 1. The number of carbonyl (C=O) groups excluding carboxylic acids is 1. The largest absolute Gasteiger partial charge is 0.490 e. The van der Waals surface area contributed by atoms with Crippen LogP contribution in [0.4, 0.5) is 0 Å². The standard InChI is InChI=1S/C30H38N2O5/c1-6-31(7-2)16-17-32-27(21-13-14-24(25(19-21)35-8-3)36-18-15-20(4)5)26-28(33)22-11-9-10-12-23(22)37-29(26)30(32)34/h9-14,19-20,27H,6-8,15-18H2,1-5H3. The van der Waals surface area contributed by atoms with Crippen molar-refractivity contribution in [2.45, 2.75) is 47.1 Å². The Kier molecular flexibility index (Phi) is 8.54. The summed E-state index contributed by atoms with van der Waals surface area (Å²) in [5, 5.41) is 0.475. The van der Waals surface area contributed by atoms with Gasteiger partial charge in [0.1, 0.15) is 5.58 Å². The molecule has 1 aliphatic rings. The van der Waals surface area contributed by atoms with Crippen molar-refractivity contribution in [1.29, 1.82) is 0 Å². The lowest BCUT2D eigenvalue weighted by Crippen LogP contribution is -2.37. The molecule has 0 saturated heterocycles. The molecule has 0 aliphatic carbocycles. The summed E-state index contributed by atoms with van der Waals surface area (Å²) in [5.74, 6) is 1.67. The molecule has 1 unspecified atom stereocenters. The van der Waals surface area contributed by atoms with Crippen LogP contribution in [0.5, 0.6) is 11.5 Å². The summed E-state index contributed by atoms with van der Waals surface area (Å²) in [6.07, 6.45) is 0.936. The zero-order chi connectivity index (χ0) is 26.5. The molecule has 1 atom stereocenters. The highest BCUT2D eigenvalue weighted by molar-refractivity contribution is 5.99. The van der Waals surface area contributed by atoms with E-state index in [-0.39, 0.29) is 17.1 Å². The lowest BCUT2D eigenvalue weighted by Gasteiger charge is -2.28. The molecule has 0 spiro atoms. The molecule has 198 valence electrons. The number of ether oxygens (including phenoxy) is 2. The average molecular weight is 507 g/mol. The first-order valence-electron chi connectivity index (χ1n) is 13.4. The van der Waals surface area contributed by atoms with Crippen LogP contribution in [0.15, 0.2) is 51.7 Å². The average Bonchev–Trinajstić information content (AvgIpc) is 3.17. The van der Waals surface area contributed by atoms with Crippen molar-refractivity contribution in [2.75, 3.05) is 39.4 Å². The molecule has 7 nitrogen and oxygen atoms in total. The molecule has 4 rings (SSSR count). The van der Waals surface area contributed by atoms with Gasteiger partial charge in [0.25, 0.3) is 5.91 Å². The molecule has 0 fully saturated rings. The van der Waals surface area contributed by atoms with Gasteiger partial charge in [0.05, 0.1) is 30.2 Å². The number of benzene rings is 2. The highest BCUT2D eigenvalue weighted by Crippen LogP contribution is 2.41. The van der Waals surface area contributed by atoms with Crippen LogP contribution in [-0.2, 0) is 0 Å². The van der Waals surface area contributed by atoms with Gasteiger partial charge in [-0.05, 0) is 62.2 Å². The lowest BCUT2D eigenvalue weighted by molar-refractivity contribution is 0.0708. The molecule has 2 heterocycles. The molecule has 7 heteroatoms. The van der Waals surface area contributed by atoms with Crippen molar-refractivity contribution in [2.24, 2.45) is 5.92 Å². The summed E-state index contributed by atoms with van der Waals surface area (Å²) < 4.78 is 18.0. The first-order valence-corrected chi connectivity index (χ1v) is 13.4. The third-order valence-corrected chi connectivity index (χ3v) is 6.96. The third kappa shape index (κ3) is 5.52. The van der Waals surface area contributed by atoms with Gasteiger partial charge in [0, 0.05) is 13.1 Å². The Morgan fingerprint density at radius 3 is 2.46 bits per heavy atom. The molecule has 1 amide bonds. The van der Waals surface area contributed by atoms with E-state index in [4.69, 9.17) is 13.9 Å². The molecule has 1 aromatic heterocycles. The number of likely N-dealkylation sites (N-methyl/N-ethyl adjacent to an activating group) is 1. The summed E-state index contributed by atoms with van der Waals surface area (Å²) in [5.41, 5.74) is 1.44. The van der Waals surface area contributed by atoms with Crippen LogP contribution in [0, 0.1) is 5.92 Å². The van der Waals surface area contributed by atoms with E-state index in [2.05, 4.69) is 32.6 Å². The van der Waals surface area contributed by atoms with Gasteiger partial charge < -0.3 is 23.7 Å². The fourth-order valence-corrected chi connectivity index (χ4v) is 4.82. The molecular weight excluding hydrogens is 468 g/mol. The highest BCUT2D eigenvalue weighted by Gasteiger charge is 2.42. The van der Waals surface area contributed by atoms with E-state index < -0.39 is 6.04 Å². The number of para-hydroxylation sites is 1. The Hall–Kier alpha value is -3.32. The zero-order valence-corrected chi connectivity index (χ0v) is 22.6. The highest BCUT2D eigenvalue weighted by atomic mass is 16.5. The number of rotatable bonds is 12. The Morgan fingerprint density at radius 1 is 1.00 bits per heavy atom. The second-order valence-corrected chi connectivity index (χ2v) is 9.77. The molecule has 0 radical (unpaired) electrons. The number of nitrogens with zero attached hydrogens (tertiary/aromatic N) is 2. The maximum atomic E-state index is 13.7. The number of hydrogen-bond donors (Lipinski definition) is 0. The van der Waals surface area contributed by atoms with Crippen LogP contribution in [0.3, 0.4) is 0 Å².